The summed E-state index contributed by atoms with van der Waals surface area (Å²) in [7, 11) is -4.16. The molecule has 1 unspecified atom stereocenters. The molecule has 0 aromatic heterocycles. The van der Waals surface area contributed by atoms with Crippen molar-refractivity contribution >= 4 is 38.9 Å². The maximum absolute atomic E-state index is 14.4. The maximum atomic E-state index is 14.4. The molecular weight excluding hydrogens is 576 g/mol. The van der Waals surface area contributed by atoms with Gasteiger partial charge in [0.1, 0.15) is 4.90 Å². The van der Waals surface area contributed by atoms with Crippen molar-refractivity contribution in [3.05, 3.63) is 161 Å². The quantitative estimate of drug-likeness (QED) is 0.180. The molecule has 6 rings (SSSR count). The lowest BCUT2D eigenvalue weighted by Gasteiger charge is -2.37. The van der Waals surface area contributed by atoms with Crippen molar-refractivity contribution in [1.29, 1.82) is 0 Å². The first-order chi connectivity index (χ1) is 20.9. The Kier molecular flexibility index (Phi) is 8.32. The number of fused-ring (bicyclic) bond motifs is 1. The predicted octanol–water partition coefficient (Wildman–Crippen LogP) is 7.94. The highest BCUT2D eigenvalue weighted by Gasteiger charge is 2.34. The predicted molar refractivity (Wildman–Crippen MR) is 173 cm³/mol. The van der Waals surface area contributed by atoms with Crippen molar-refractivity contribution in [1.82, 2.24) is 0 Å². The van der Waals surface area contributed by atoms with Crippen molar-refractivity contribution < 1.29 is 13.2 Å². The SMILES string of the molecule is O=C(c1ccc(Cl)c(S(=O)(=O)N(Cc2ccccc2)c2ccccc2)c1)N1c2ccccc2CCC1Cc1ccccc1. The second kappa shape index (κ2) is 12.5. The fourth-order valence-corrected chi connectivity index (χ4v) is 7.67. The third-order valence-electron chi connectivity index (χ3n) is 7.86. The zero-order valence-corrected chi connectivity index (χ0v) is 25.1. The monoisotopic (exact) mass is 606 g/mol. The number of carbonyl (C=O) groups excluding carboxylic acids is 1. The Morgan fingerprint density at radius 3 is 2.07 bits per heavy atom. The molecule has 1 aliphatic rings. The smallest absolute Gasteiger partial charge is 0.266 e. The summed E-state index contributed by atoms with van der Waals surface area (Å²) >= 11 is 6.59. The first-order valence-electron chi connectivity index (χ1n) is 14.3. The normalized spacial score (nSPS) is 14.6. The summed E-state index contributed by atoms with van der Waals surface area (Å²) in [4.78, 5) is 16.1. The summed E-state index contributed by atoms with van der Waals surface area (Å²) in [6, 6.07) is 40.9. The number of nitrogens with zero attached hydrogens (tertiary/aromatic N) is 2. The Labute approximate surface area is 258 Å². The third-order valence-corrected chi connectivity index (χ3v) is 10.1. The molecule has 5 nitrogen and oxygen atoms in total. The molecule has 1 atom stereocenters. The number of hydrogen-bond donors (Lipinski definition) is 0. The van der Waals surface area contributed by atoms with Crippen molar-refractivity contribution in [2.45, 2.75) is 36.7 Å². The lowest BCUT2D eigenvalue weighted by atomic mass is 9.91. The molecule has 5 aromatic rings. The van der Waals surface area contributed by atoms with Crippen LogP contribution in [0.3, 0.4) is 0 Å². The number of benzene rings is 5. The van der Waals surface area contributed by atoms with E-state index in [2.05, 4.69) is 12.1 Å². The molecule has 0 aliphatic carbocycles. The van der Waals surface area contributed by atoms with Gasteiger partial charge in [0.2, 0.25) is 0 Å². The molecule has 1 amide bonds. The molecule has 0 saturated heterocycles. The number of para-hydroxylation sites is 2. The number of anilines is 2. The van der Waals surface area contributed by atoms with Crippen molar-refractivity contribution in [2.75, 3.05) is 9.21 Å². The number of carbonyl (C=O) groups is 1. The fraction of sp³-hybridized carbons (Fsp3) is 0.139. The van der Waals surface area contributed by atoms with Crippen LogP contribution in [-0.4, -0.2) is 20.4 Å². The lowest BCUT2D eigenvalue weighted by Crippen LogP contribution is -2.45. The number of aryl methyl sites for hydroxylation is 1. The van der Waals surface area contributed by atoms with E-state index in [1.165, 1.54) is 16.4 Å². The minimum atomic E-state index is -4.16. The first-order valence-corrected chi connectivity index (χ1v) is 16.1. The molecular formula is C36H31ClN2O3S. The topological polar surface area (TPSA) is 57.7 Å². The van der Waals surface area contributed by atoms with Gasteiger partial charge in [-0.25, -0.2) is 8.42 Å². The van der Waals surface area contributed by atoms with Gasteiger partial charge in [-0.1, -0.05) is 109 Å². The average Bonchev–Trinajstić information content (AvgIpc) is 3.04. The van der Waals surface area contributed by atoms with Gasteiger partial charge in [-0.2, -0.15) is 0 Å². The van der Waals surface area contributed by atoms with Crippen molar-refractivity contribution in [3.63, 3.8) is 0 Å². The Morgan fingerprint density at radius 1 is 0.767 bits per heavy atom. The summed E-state index contributed by atoms with van der Waals surface area (Å²) in [5.41, 5.74) is 4.70. The molecule has 5 aromatic carbocycles. The lowest BCUT2D eigenvalue weighted by molar-refractivity contribution is 0.0972. The van der Waals surface area contributed by atoms with Crippen LogP contribution >= 0.6 is 11.6 Å². The number of rotatable bonds is 8. The van der Waals surface area contributed by atoms with Crippen molar-refractivity contribution in [2.24, 2.45) is 0 Å². The molecule has 216 valence electrons. The minimum absolute atomic E-state index is 0.0606. The van der Waals surface area contributed by atoms with Gasteiger partial charge in [-0.3, -0.25) is 9.10 Å². The zero-order valence-electron chi connectivity index (χ0n) is 23.5. The highest BCUT2D eigenvalue weighted by Crippen LogP contribution is 2.35. The second-order valence-electron chi connectivity index (χ2n) is 10.7. The summed E-state index contributed by atoms with van der Waals surface area (Å²) < 4.78 is 30.0. The standard InChI is InChI=1S/C36H31ClN2O3S/c37-33-23-21-30(25-35(33)43(41,42)38(31-17-8-3-9-18-31)26-28-14-6-2-7-15-28)36(40)39-32(24-27-12-4-1-5-13-27)22-20-29-16-10-11-19-34(29)39/h1-19,21,23,25,32H,20,22,24,26H2. The highest BCUT2D eigenvalue weighted by molar-refractivity contribution is 7.93. The molecule has 0 spiro atoms. The fourth-order valence-electron chi connectivity index (χ4n) is 5.71. The molecule has 1 aliphatic heterocycles. The Bertz CT molecular complexity index is 1830. The Hall–Kier alpha value is -4.39. The third kappa shape index (κ3) is 6.07. The molecule has 0 saturated carbocycles. The molecule has 43 heavy (non-hydrogen) atoms. The van der Waals surface area contributed by atoms with Crippen LogP contribution in [0.25, 0.3) is 0 Å². The molecule has 0 bridgehead atoms. The van der Waals surface area contributed by atoms with Crippen molar-refractivity contribution in [3.8, 4) is 0 Å². The number of sulfonamides is 1. The summed E-state index contributed by atoms with van der Waals surface area (Å²) in [6.07, 6.45) is 2.36. The Morgan fingerprint density at radius 2 is 1.37 bits per heavy atom. The molecule has 0 fully saturated rings. The number of halogens is 1. The largest absolute Gasteiger partial charge is 0.305 e. The number of hydrogen-bond acceptors (Lipinski definition) is 3. The van der Waals surface area contributed by atoms with Gasteiger partial charge in [0.05, 0.1) is 17.3 Å². The molecule has 1 heterocycles. The maximum Gasteiger partial charge on any atom is 0.266 e. The van der Waals surface area contributed by atoms with E-state index in [1.807, 2.05) is 83.8 Å². The Balaban J connectivity index is 1.40. The molecule has 0 N–H and O–H groups in total. The van der Waals surface area contributed by atoms with Gasteiger partial charge in [0, 0.05) is 17.3 Å². The van der Waals surface area contributed by atoms with E-state index in [0.29, 0.717) is 12.1 Å². The highest BCUT2D eigenvalue weighted by atomic mass is 35.5. The van der Waals surface area contributed by atoms with E-state index in [-0.39, 0.29) is 34.0 Å². The number of amides is 1. The van der Waals surface area contributed by atoms with E-state index < -0.39 is 10.0 Å². The van der Waals surface area contributed by atoms with Crippen LogP contribution in [0.5, 0.6) is 0 Å². The van der Waals surface area contributed by atoms with Gasteiger partial charge in [0.25, 0.3) is 15.9 Å². The first kappa shape index (κ1) is 28.7. The minimum Gasteiger partial charge on any atom is -0.305 e. The van der Waals surface area contributed by atoms with E-state index in [0.717, 1.165) is 35.2 Å². The van der Waals surface area contributed by atoms with Gasteiger partial charge >= 0.3 is 0 Å². The van der Waals surface area contributed by atoms with E-state index in [4.69, 9.17) is 11.6 Å². The van der Waals surface area contributed by atoms with Gasteiger partial charge in [-0.15, -0.1) is 0 Å². The van der Waals surface area contributed by atoms with E-state index >= 15 is 0 Å². The van der Waals surface area contributed by atoms with E-state index in [1.54, 1.807) is 30.3 Å². The zero-order chi connectivity index (χ0) is 29.8. The van der Waals surface area contributed by atoms with Crippen LogP contribution in [0, 0.1) is 0 Å². The average molecular weight is 607 g/mol. The van der Waals surface area contributed by atoms with Crippen LogP contribution in [0.2, 0.25) is 5.02 Å². The van der Waals surface area contributed by atoms with Crippen LogP contribution < -0.4 is 9.21 Å². The van der Waals surface area contributed by atoms with Gasteiger partial charge in [0.15, 0.2) is 0 Å². The van der Waals surface area contributed by atoms with Gasteiger partial charge in [-0.05, 0) is 72.4 Å². The van der Waals surface area contributed by atoms with Crippen LogP contribution in [0.4, 0.5) is 11.4 Å². The summed E-state index contributed by atoms with van der Waals surface area (Å²) in [5.74, 6) is -0.254. The molecule has 0 radical (unpaired) electrons. The summed E-state index contributed by atoms with van der Waals surface area (Å²) in [6.45, 7) is 0.111. The van der Waals surface area contributed by atoms with Crippen LogP contribution in [0.15, 0.2) is 138 Å². The second-order valence-corrected chi connectivity index (χ2v) is 12.9. The van der Waals surface area contributed by atoms with Crippen LogP contribution in [-0.2, 0) is 29.4 Å². The molecule has 7 heteroatoms. The van der Waals surface area contributed by atoms with Gasteiger partial charge < -0.3 is 4.90 Å². The summed E-state index contributed by atoms with van der Waals surface area (Å²) in [5, 5.41) is 0.0606. The van der Waals surface area contributed by atoms with E-state index in [9.17, 15) is 13.2 Å². The van der Waals surface area contributed by atoms with Crippen LogP contribution in [0.1, 0.15) is 33.5 Å².